The number of hydrogen-bond donors (Lipinski definition) is 1. The first-order valence-corrected chi connectivity index (χ1v) is 13.5. The van der Waals surface area contributed by atoms with Crippen LogP contribution >= 0.6 is 0 Å². The summed E-state index contributed by atoms with van der Waals surface area (Å²) in [4.78, 5) is 33.9. The van der Waals surface area contributed by atoms with Crippen molar-refractivity contribution in [3.05, 3.63) is 30.1 Å². The van der Waals surface area contributed by atoms with E-state index in [2.05, 4.69) is 32.2 Å². The van der Waals surface area contributed by atoms with Crippen molar-refractivity contribution in [3.63, 3.8) is 0 Å². The Labute approximate surface area is 225 Å². The van der Waals surface area contributed by atoms with Crippen molar-refractivity contribution in [3.8, 4) is 5.95 Å². The summed E-state index contributed by atoms with van der Waals surface area (Å²) >= 11 is 0. The highest BCUT2D eigenvalue weighted by molar-refractivity contribution is 5.77. The van der Waals surface area contributed by atoms with Crippen LogP contribution in [0.15, 0.2) is 24.3 Å². The first kappa shape index (κ1) is 27.0. The minimum atomic E-state index is -2.81. The summed E-state index contributed by atoms with van der Waals surface area (Å²) in [6.45, 7) is 6.56. The second-order valence-corrected chi connectivity index (χ2v) is 9.73. The number of nitrogens with one attached hydrogen (secondary N) is 1. The number of likely N-dealkylation sites (tertiary alicyclic amines) is 1. The lowest BCUT2D eigenvalue weighted by atomic mass is 9.97. The highest BCUT2D eigenvalue weighted by Crippen LogP contribution is 2.28. The number of carbonyl (C=O) groups excluding carboxylic acids is 1. The van der Waals surface area contributed by atoms with Gasteiger partial charge in [0.05, 0.1) is 30.9 Å². The molecular weight excluding hydrogens is 510 g/mol. The number of alkyl halides is 2. The maximum Gasteiger partial charge on any atom is 0.409 e. The molecule has 4 heterocycles. The van der Waals surface area contributed by atoms with Crippen molar-refractivity contribution in [1.29, 1.82) is 0 Å². The van der Waals surface area contributed by atoms with Crippen LogP contribution in [-0.4, -0.2) is 88.0 Å². The van der Waals surface area contributed by atoms with E-state index >= 15 is 0 Å². The molecule has 13 heteroatoms. The second-order valence-electron chi connectivity index (χ2n) is 9.73. The molecule has 0 bridgehead atoms. The lowest BCUT2D eigenvalue weighted by molar-refractivity contribution is 0.0876. The molecule has 1 amide bonds. The third-order valence-electron chi connectivity index (χ3n) is 7.03. The number of morpholine rings is 1. The van der Waals surface area contributed by atoms with Gasteiger partial charge in [0.25, 0.3) is 6.43 Å². The van der Waals surface area contributed by atoms with Crippen LogP contribution in [0, 0.1) is 5.92 Å². The number of ether oxygens (including phenoxy) is 2. The SMILES string of the molecule is CCCCOC(=O)N1CCC(CNc2nc(N3CCOCC3)nc(-n3c(C(F)F)nc4ccccc43)n2)CC1. The standard InChI is InChI=1S/C26H34F2N8O3/c1-2-3-14-39-26(37)35-10-8-18(9-11-35)17-29-23-31-24(34-12-15-38-16-13-34)33-25(32-23)36-20-7-5-4-6-19(20)30-22(36)21(27)28/h4-7,18,21H,2-3,8-17H2,1H3,(H,29,31,32,33). The molecule has 5 rings (SSSR count). The van der Waals surface area contributed by atoms with E-state index in [1.807, 2.05) is 4.90 Å². The van der Waals surface area contributed by atoms with Gasteiger partial charge in [-0.1, -0.05) is 25.5 Å². The van der Waals surface area contributed by atoms with E-state index in [9.17, 15) is 13.6 Å². The summed E-state index contributed by atoms with van der Waals surface area (Å²) in [5.74, 6) is 0.666. The summed E-state index contributed by atoms with van der Waals surface area (Å²) in [5.41, 5.74) is 0.937. The lowest BCUT2D eigenvalue weighted by Gasteiger charge is -2.31. The molecule has 2 aliphatic heterocycles. The van der Waals surface area contributed by atoms with Gasteiger partial charge in [-0.25, -0.2) is 18.6 Å². The Morgan fingerprint density at radius 3 is 2.56 bits per heavy atom. The number of aromatic nitrogens is 5. The number of amides is 1. The van der Waals surface area contributed by atoms with E-state index in [0.717, 1.165) is 25.7 Å². The Bertz CT molecular complexity index is 1260. The predicted octanol–water partition coefficient (Wildman–Crippen LogP) is 4.05. The summed E-state index contributed by atoms with van der Waals surface area (Å²) in [5, 5.41) is 3.30. The molecule has 0 atom stereocenters. The summed E-state index contributed by atoms with van der Waals surface area (Å²) in [7, 11) is 0. The molecule has 2 fully saturated rings. The molecule has 0 radical (unpaired) electrons. The number of anilines is 2. The molecule has 0 saturated carbocycles. The number of hydrogen-bond acceptors (Lipinski definition) is 9. The van der Waals surface area contributed by atoms with E-state index in [1.54, 1.807) is 29.2 Å². The van der Waals surface area contributed by atoms with Crippen LogP contribution in [0.25, 0.3) is 17.0 Å². The Hall–Kier alpha value is -3.61. The maximum atomic E-state index is 14.0. The van der Waals surface area contributed by atoms with Crippen LogP contribution in [0.2, 0.25) is 0 Å². The summed E-state index contributed by atoms with van der Waals surface area (Å²) in [6, 6.07) is 6.93. The smallest absolute Gasteiger partial charge is 0.409 e. The average Bonchev–Trinajstić information content (AvgIpc) is 3.37. The monoisotopic (exact) mass is 544 g/mol. The number of unbranched alkanes of at least 4 members (excludes halogenated alkanes) is 1. The number of halogens is 2. The minimum absolute atomic E-state index is 0.0858. The van der Waals surface area contributed by atoms with E-state index in [1.165, 1.54) is 4.57 Å². The number of piperidine rings is 1. The Balaban J connectivity index is 1.34. The highest BCUT2D eigenvalue weighted by Gasteiger charge is 2.26. The molecule has 2 aliphatic rings. The molecule has 2 saturated heterocycles. The third kappa shape index (κ3) is 6.35. The van der Waals surface area contributed by atoms with Gasteiger partial charge in [-0.15, -0.1) is 0 Å². The first-order valence-electron chi connectivity index (χ1n) is 13.5. The summed E-state index contributed by atoms with van der Waals surface area (Å²) < 4.78 is 40.2. The average molecular weight is 545 g/mol. The van der Waals surface area contributed by atoms with Crippen molar-refractivity contribution >= 4 is 29.0 Å². The van der Waals surface area contributed by atoms with Crippen LogP contribution in [0.1, 0.15) is 44.9 Å². The Kier molecular flexibility index (Phi) is 8.64. The van der Waals surface area contributed by atoms with Gasteiger partial charge in [0.15, 0.2) is 5.82 Å². The van der Waals surface area contributed by atoms with E-state index in [0.29, 0.717) is 81.4 Å². The number of rotatable bonds is 9. The maximum absolute atomic E-state index is 14.0. The quantitative estimate of drug-likeness (QED) is 0.399. The van der Waals surface area contributed by atoms with Crippen LogP contribution in [0.4, 0.5) is 25.5 Å². The summed E-state index contributed by atoms with van der Waals surface area (Å²) in [6.07, 6.45) is 0.400. The van der Waals surface area contributed by atoms with Gasteiger partial charge >= 0.3 is 6.09 Å². The van der Waals surface area contributed by atoms with Gasteiger partial charge in [-0.2, -0.15) is 15.0 Å². The van der Waals surface area contributed by atoms with Crippen LogP contribution in [-0.2, 0) is 9.47 Å². The number of fused-ring (bicyclic) bond motifs is 1. The van der Waals surface area contributed by atoms with Gasteiger partial charge in [-0.05, 0) is 37.3 Å². The van der Waals surface area contributed by atoms with Gasteiger partial charge < -0.3 is 24.6 Å². The number of carbonyl (C=O) groups is 1. The first-order chi connectivity index (χ1) is 19.0. The van der Waals surface area contributed by atoms with E-state index in [-0.39, 0.29) is 12.0 Å². The fourth-order valence-corrected chi connectivity index (χ4v) is 4.79. The van der Waals surface area contributed by atoms with Gasteiger partial charge in [0.2, 0.25) is 17.8 Å². The van der Waals surface area contributed by atoms with Crippen LogP contribution in [0.5, 0.6) is 0 Å². The van der Waals surface area contributed by atoms with Gasteiger partial charge in [0, 0.05) is 32.7 Å². The molecule has 0 aliphatic carbocycles. The fraction of sp³-hybridized carbons (Fsp3) is 0.577. The van der Waals surface area contributed by atoms with E-state index < -0.39 is 12.2 Å². The largest absolute Gasteiger partial charge is 0.449 e. The normalized spacial score (nSPS) is 16.7. The molecule has 0 unspecified atom stereocenters. The molecule has 2 aromatic heterocycles. The Morgan fingerprint density at radius 2 is 1.82 bits per heavy atom. The third-order valence-corrected chi connectivity index (χ3v) is 7.03. The zero-order valence-corrected chi connectivity index (χ0v) is 22.1. The fourth-order valence-electron chi connectivity index (χ4n) is 4.79. The van der Waals surface area contributed by atoms with Crippen molar-refractivity contribution in [1.82, 2.24) is 29.4 Å². The molecule has 3 aromatic rings. The number of nitrogens with zero attached hydrogens (tertiary/aromatic N) is 7. The van der Waals surface area contributed by atoms with Gasteiger partial charge in [0.1, 0.15) is 0 Å². The zero-order valence-electron chi connectivity index (χ0n) is 22.1. The lowest BCUT2D eigenvalue weighted by Crippen LogP contribution is -2.40. The highest BCUT2D eigenvalue weighted by atomic mass is 19.3. The molecule has 11 nitrogen and oxygen atoms in total. The molecule has 39 heavy (non-hydrogen) atoms. The Morgan fingerprint density at radius 1 is 1.08 bits per heavy atom. The van der Waals surface area contributed by atoms with E-state index in [4.69, 9.17) is 9.47 Å². The van der Waals surface area contributed by atoms with Crippen molar-refractivity contribution in [2.75, 3.05) is 62.8 Å². The molecule has 1 aromatic carbocycles. The van der Waals surface area contributed by atoms with Crippen molar-refractivity contribution < 1.29 is 23.0 Å². The van der Waals surface area contributed by atoms with Crippen molar-refractivity contribution in [2.24, 2.45) is 5.92 Å². The minimum Gasteiger partial charge on any atom is -0.449 e. The zero-order chi connectivity index (χ0) is 27.2. The number of benzene rings is 1. The molecule has 0 spiro atoms. The predicted molar refractivity (Wildman–Crippen MR) is 141 cm³/mol. The van der Waals surface area contributed by atoms with Crippen LogP contribution in [0.3, 0.4) is 0 Å². The van der Waals surface area contributed by atoms with Crippen molar-refractivity contribution in [2.45, 2.75) is 39.0 Å². The molecule has 1 N–H and O–H groups in total. The van der Waals surface area contributed by atoms with Crippen LogP contribution < -0.4 is 10.2 Å². The second kappa shape index (κ2) is 12.5. The molecule has 210 valence electrons. The van der Waals surface area contributed by atoms with Gasteiger partial charge in [-0.3, -0.25) is 4.57 Å². The molecular formula is C26H34F2N8O3. The number of imidazole rings is 1. The number of para-hydroxylation sites is 2. The topological polar surface area (TPSA) is 111 Å².